The van der Waals surface area contributed by atoms with Gasteiger partial charge >= 0.3 is 0 Å². The third-order valence-electron chi connectivity index (χ3n) is 13.5. The van der Waals surface area contributed by atoms with Crippen LogP contribution in [0.3, 0.4) is 0 Å². The van der Waals surface area contributed by atoms with Crippen molar-refractivity contribution in [2.75, 3.05) is 0 Å². The van der Waals surface area contributed by atoms with Gasteiger partial charge in [-0.2, -0.15) is 0 Å². The van der Waals surface area contributed by atoms with Crippen molar-refractivity contribution < 1.29 is 4.42 Å². The molecule has 0 bridgehead atoms. The smallest absolute Gasteiger partial charge is 0.160 e. The van der Waals surface area contributed by atoms with Crippen LogP contribution in [0.15, 0.2) is 205 Å². The zero-order valence-corrected chi connectivity index (χ0v) is 35.4. The first-order valence-corrected chi connectivity index (χ1v) is 22.9. The summed E-state index contributed by atoms with van der Waals surface area (Å²) in [4.78, 5) is 10.4. The van der Waals surface area contributed by atoms with Crippen LogP contribution in [0.5, 0.6) is 0 Å². The van der Waals surface area contributed by atoms with Crippen LogP contribution in [0.1, 0.15) is 17.5 Å². The summed E-state index contributed by atoms with van der Waals surface area (Å²) in [5.41, 5.74) is 15.3. The Hall–Kier alpha value is -7.86. The molecule has 1 fully saturated rings. The van der Waals surface area contributed by atoms with E-state index >= 15 is 0 Å². The van der Waals surface area contributed by atoms with Gasteiger partial charge in [0.2, 0.25) is 0 Å². The molecule has 2 unspecified atom stereocenters. The molecular weight excluding hydrogens is 799 g/mol. The molecule has 4 nitrogen and oxygen atoms in total. The lowest BCUT2D eigenvalue weighted by molar-refractivity contribution is 0.669. The highest BCUT2D eigenvalue weighted by Crippen LogP contribution is 2.56. The molecule has 0 N–H and O–H groups in total. The van der Waals surface area contributed by atoms with E-state index in [1.807, 2.05) is 41.7 Å². The third-order valence-corrected chi connectivity index (χ3v) is 14.7. The molecule has 0 aliphatic heterocycles. The number of nitrogens with zero attached hydrogens (tertiary/aromatic N) is 3. The lowest BCUT2D eigenvalue weighted by Gasteiger charge is -2.18. The molecule has 0 radical (unpaired) electrons. The highest BCUT2D eigenvalue weighted by molar-refractivity contribution is 7.26. The Morgan fingerprint density at radius 2 is 1.20 bits per heavy atom. The van der Waals surface area contributed by atoms with Crippen LogP contribution in [0.2, 0.25) is 0 Å². The Morgan fingerprint density at radius 1 is 0.516 bits per heavy atom. The first-order valence-electron chi connectivity index (χ1n) is 22.0. The van der Waals surface area contributed by atoms with Crippen molar-refractivity contribution in [2.45, 2.75) is 6.42 Å². The summed E-state index contributed by atoms with van der Waals surface area (Å²) in [6.45, 7) is 0. The van der Waals surface area contributed by atoms with E-state index in [9.17, 15) is 0 Å². The van der Waals surface area contributed by atoms with E-state index in [-0.39, 0.29) is 0 Å². The Labute approximate surface area is 372 Å². The molecule has 0 amide bonds. The summed E-state index contributed by atoms with van der Waals surface area (Å²) in [6, 6.07) is 67.3. The van der Waals surface area contributed by atoms with Gasteiger partial charge in [0.15, 0.2) is 5.82 Å². The van der Waals surface area contributed by atoms with Crippen molar-refractivity contribution in [3.63, 3.8) is 0 Å². The van der Waals surface area contributed by atoms with E-state index < -0.39 is 0 Å². The Bertz CT molecular complexity index is 3960. The van der Waals surface area contributed by atoms with Gasteiger partial charge in [-0.05, 0) is 83.5 Å². The number of hydrogen-bond acceptors (Lipinski definition) is 4. The predicted octanol–water partition coefficient (Wildman–Crippen LogP) is 16.0. The second-order valence-electron chi connectivity index (χ2n) is 17.3. The van der Waals surface area contributed by atoms with Gasteiger partial charge in [0.05, 0.1) is 22.4 Å². The molecule has 300 valence electrons. The van der Waals surface area contributed by atoms with Gasteiger partial charge in [0.1, 0.15) is 11.2 Å². The van der Waals surface area contributed by atoms with Gasteiger partial charge < -0.3 is 8.98 Å². The molecule has 8 aromatic carbocycles. The molecule has 0 saturated heterocycles. The Kier molecular flexibility index (Phi) is 7.71. The lowest BCUT2D eigenvalue weighted by atomic mass is 9.89. The maximum Gasteiger partial charge on any atom is 0.160 e. The molecule has 64 heavy (non-hydrogen) atoms. The van der Waals surface area contributed by atoms with Crippen LogP contribution in [0, 0.1) is 11.8 Å². The predicted molar refractivity (Wildman–Crippen MR) is 267 cm³/mol. The first-order chi connectivity index (χ1) is 31.7. The summed E-state index contributed by atoms with van der Waals surface area (Å²) < 4.78 is 11.5. The monoisotopic (exact) mass is 835 g/mol. The molecule has 12 aromatic rings. The maximum atomic E-state index is 6.34. The van der Waals surface area contributed by atoms with Crippen LogP contribution in [-0.2, 0) is 0 Å². The second-order valence-corrected chi connectivity index (χ2v) is 18.3. The molecule has 2 aliphatic rings. The van der Waals surface area contributed by atoms with E-state index in [1.54, 1.807) is 0 Å². The first kappa shape index (κ1) is 35.7. The number of para-hydroxylation sites is 3. The number of thiophene rings is 1. The van der Waals surface area contributed by atoms with Gasteiger partial charge in [-0.25, -0.2) is 9.97 Å². The van der Waals surface area contributed by atoms with Gasteiger partial charge in [-0.15, -0.1) is 11.3 Å². The van der Waals surface area contributed by atoms with Crippen LogP contribution in [0.25, 0.3) is 115 Å². The van der Waals surface area contributed by atoms with Crippen molar-refractivity contribution in [1.82, 2.24) is 14.5 Å². The summed E-state index contributed by atoms with van der Waals surface area (Å²) in [5.74, 6) is 1.72. The molecule has 0 spiro atoms. The van der Waals surface area contributed by atoms with Gasteiger partial charge in [0.25, 0.3) is 0 Å². The molecular formula is C59H37N3OS. The third kappa shape index (κ3) is 5.54. The highest BCUT2D eigenvalue weighted by atomic mass is 32.1. The van der Waals surface area contributed by atoms with Crippen molar-refractivity contribution in [3.05, 3.63) is 211 Å². The van der Waals surface area contributed by atoms with E-state index in [2.05, 4.69) is 174 Å². The van der Waals surface area contributed by atoms with E-state index in [4.69, 9.17) is 14.4 Å². The number of rotatable bonds is 6. The average Bonchev–Trinajstić information content (AvgIpc) is 3.73. The standard InChI is InChI=1S/C59H37N3OS/c1-2-13-35(14-3-1)59-60-51(34-52(61-59)37-27-28-44-43-18-5-8-25-54(43)63-55(44)33-37)36-15-10-16-40(30-36)62-53-24-7-4-17-42(53)46-21-12-22-47(57(46)62)50-32-38(29-39-31-49(39)50)41-20-11-23-48-45-19-6-9-26-56(45)64-58(41)48/h1-30,32-34,39,49H,31H2. The largest absolute Gasteiger partial charge is 0.456 e. The number of allylic oxidation sites excluding steroid dienone is 4. The van der Waals surface area contributed by atoms with Crippen LogP contribution in [0.4, 0.5) is 0 Å². The molecule has 14 rings (SSSR count). The van der Waals surface area contributed by atoms with Crippen molar-refractivity contribution >= 4 is 86.4 Å². The SMILES string of the molecule is C1=C(c2cccc3c2sc2ccccc23)C=C(c2cccc3c4ccccc4n(-c4cccc(-c5cc(-c6ccc7c(c6)oc6ccccc67)nc(-c6ccccc6)n5)c4)c23)C2CC12. The van der Waals surface area contributed by atoms with Gasteiger partial charge in [-0.1, -0.05) is 152 Å². The topological polar surface area (TPSA) is 43.9 Å². The zero-order chi connectivity index (χ0) is 41.9. The minimum absolute atomic E-state index is 0.503. The van der Waals surface area contributed by atoms with Crippen LogP contribution >= 0.6 is 11.3 Å². The van der Waals surface area contributed by atoms with Crippen LogP contribution < -0.4 is 0 Å². The number of benzene rings is 8. The van der Waals surface area contributed by atoms with E-state index in [0.29, 0.717) is 17.7 Å². The molecule has 5 heteroatoms. The lowest BCUT2D eigenvalue weighted by Crippen LogP contribution is -2.01. The second kappa shape index (κ2) is 13.8. The summed E-state index contributed by atoms with van der Waals surface area (Å²) in [6.07, 6.45) is 6.23. The fraction of sp³-hybridized carbons (Fsp3) is 0.0508. The molecule has 4 heterocycles. The minimum Gasteiger partial charge on any atom is -0.456 e. The fourth-order valence-corrected chi connectivity index (χ4v) is 11.6. The number of fused-ring (bicyclic) bond motifs is 10. The molecule has 1 saturated carbocycles. The zero-order valence-electron chi connectivity index (χ0n) is 34.6. The molecule has 4 aromatic heterocycles. The molecule has 2 atom stereocenters. The normalized spacial score (nSPS) is 15.9. The van der Waals surface area contributed by atoms with Gasteiger partial charge in [-0.3, -0.25) is 0 Å². The Balaban J connectivity index is 0.935. The Morgan fingerprint density at radius 3 is 2.09 bits per heavy atom. The van der Waals surface area contributed by atoms with E-state index in [0.717, 1.165) is 55.7 Å². The van der Waals surface area contributed by atoms with E-state index in [1.165, 1.54) is 70.7 Å². The summed E-state index contributed by atoms with van der Waals surface area (Å²) in [7, 11) is 0. The van der Waals surface area contributed by atoms with Gasteiger partial charge in [0, 0.05) is 69.7 Å². The van der Waals surface area contributed by atoms with Crippen molar-refractivity contribution in [1.29, 1.82) is 0 Å². The van der Waals surface area contributed by atoms with Crippen molar-refractivity contribution in [3.8, 4) is 39.6 Å². The number of hydrogen-bond donors (Lipinski definition) is 0. The summed E-state index contributed by atoms with van der Waals surface area (Å²) >= 11 is 1.91. The number of furan rings is 1. The maximum absolute atomic E-state index is 6.34. The molecule has 2 aliphatic carbocycles. The minimum atomic E-state index is 0.503. The average molecular weight is 836 g/mol. The van der Waals surface area contributed by atoms with Crippen LogP contribution in [-0.4, -0.2) is 14.5 Å². The highest BCUT2D eigenvalue weighted by Gasteiger charge is 2.42. The fourth-order valence-electron chi connectivity index (χ4n) is 10.4. The number of aromatic nitrogens is 3. The quantitative estimate of drug-likeness (QED) is 0.168. The van der Waals surface area contributed by atoms with Crippen molar-refractivity contribution in [2.24, 2.45) is 11.8 Å². The summed E-state index contributed by atoms with van der Waals surface area (Å²) in [5, 5.41) is 7.39.